The van der Waals surface area contributed by atoms with Crippen molar-refractivity contribution in [1.29, 1.82) is 0 Å². The van der Waals surface area contributed by atoms with Gasteiger partial charge in [0.15, 0.2) is 0 Å². The number of ether oxygens (including phenoxy) is 1. The molecule has 2 aliphatic rings. The number of rotatable bonds is 5. The van der Waals surface area contributed by atoms with Crippen molar-refractivity contribution >= 4 is 33.5 Å². The predicted octanol–water partition coefficient (Wildman–Crippen LogP) is 2.98. The molecular formula is C20H27ClN2O5S. The van der Waals surface area contributed by atoms with Crippen LogP contribution in [0.3, 0.4) is 0 Å². The zero-order valence-electron chi connectivity index (χ0n) is 16.5. The number of nitrogens with one attached hydrogen (secondary N) is 1. The normalized spacial score (nSPS) is 21.5. The quantitative estimate of drug-likeness (QED) is 0.707. The standard InChI is InChI=1S/C20H27ClN2O5S/c1-28-20(25)14-9-10-17(21)18(12-14)29(26,27)23-11-5-6-15(13-23)19(24)22-16-7-3-2-4-8-16/h9-10,12,15-16H,2-8,11,13H2,1H3,(H,22,24). The van der Waals surface area contributed by atoms with E-state index < -0.39 is 16.0 Å². The van der Waals surface area contributed by atoms with Crippen molar-refractivity contribution in [1.82, 2.24) is 9.62 Å². The van der Waals surface area contributed by atoms with Gasteiger partial charge in [0, 0.05) is 19.1 Å². The van der Waals surface area contributed by atoms with Gasteiger partial charge in [0.05, 0.1) is 23.6 Å². The third-order valence-corrected chi connectivity index (χ3v) is 8.02. The largest absolute Gasteiger partial charge is 0.465 e. The van der Waals surface area contributed by atoms with Crippen LogP contribution >= 0.6 is 11.6 Å². The minimum atomic E-state index is -3.94. The van der Waals surface area contributed by atoms with E-state index in [0.29, 0.717) is 19.4 Å². The van der Waals surface area contributed by atoms with E-state index >= 15 is 0 Å². The molecule has 29 heavy (non-hydrogen) atoms. The van der Waals surface area contributed by atoms with Gasteiger partial charge >= 0.3 is 5.97 Å². The molecule has 1 aliphatic heterocycles. The molecule has 3 rings (SSSR count). The number of halogens is 1. The molecule has 0 bridgehead atoms. The Morgan fingerprint density at radius 1 is 1.14 bits per heavy atom. The zero-order chi connectivity index (χ0) is 21.0. The molecule has 1 saturated carbocycles. The Bertz CT molecular complexity index is 868. The number of piperidine rings is 1. The summed E-state index contributed by atoms with van der Waals surface area (Å²) in [6.45, 7) is 0.425. The second-order valence-electron chi connectivity index (χ2n) is 7.68. The minimum Gasteiger partial charge on any atom is -0.465 e. The van der Waals surface area contributed by atoms with Crippen LogP contribution in [0.2, 0.25) is 5.02 Å². The number of benzene rings is 1. The Hall–Kier alpha value is -1.64. The summed E-state index contributed by atoms with van der Waals surface area (Å²) in [6.07, 6.45) is 6.65. The van der Waals surface area contributed by atoms with E-state index in [1.807, 2.05) is 0 Å². The first kappa shape index (κ1) is 22.1. The van der Waals surface area contributed by atoms with Crippen LogP contribution in [0.15, 0.2) is 23.1 Å². The third-order valence-electron chi connectivity index (χ3n) is 5.68. The highest BCUT2D eigenvalue weighted by atomic mass is 35.5. The highest BCUT2D eigenvalue weighted by molar-refractivity contribution is 7.89. The van der Waals surface area contributed by atoms with Crippen molar-refractivity contribution in [3.8, 4) is 0 Å². The molecule has 1 N–H and O–H groups in total. The third kappa shape index (κ3) is 5.10. The Kier molecular flexibility index (Phi) is 7.19. The van der Waals surface area contributed by atoms with Gasteiger partial charge in [-0.05, 0) is 43.9 Å². The molecule has 9 heteroatoms. The number of hydrogen-bond donors (Lipinski definition) is 1. The van der Waals surface area contributed by atoms with Crippen molar-refractivity contribution in [2.75, 3.05) is 20.2 Å². The van der Waals surface area contributed by atoms with Crippen LogP contribution < -0.4 is 5.32 Å². The fourth-order valence-corrected chi connectivity index (χ4v) is 6.05. The molecule has 7 nitrogen and oxygen atoms in total. The van der Waals surface area contributed by atoms with E-state index in [4.69, 9.17) is 11.6 Å². The van der Waals surface area contributed by atoms with Crippen molar-refractivity contribution in [2.45, 2.75) is 55.9 Å². The lowest BCUT2D eigenvalue weighted by atomic mass is 9.93. The molecule has 0 aromatic heterocycles. The van der Waals surface area contributed by atoms with E-state index in [9.17, 15) is 18.0 Å². The number of carbonyl (C=O) groups excluding carboxylic acids is 2. The Balaban J connectivity index is 1.75. The Morgan fingerprint density at radius 3 is 2.55 bits per heavy atom. The summed E-state index contributed by atoms with van der Waals surface area (Å²) >= 11 is 6.14. The van der Waals surface area contributed by atoms with Gasteiger partial charge in [0.2, 0.25) is 15.9 Å². The van der Waals surface area contributed by atoms with Gasteiger partial charge in [-0.2, -0.15) is 4.31 Å². The van der Waals surface area contributed by atoms with Crippen molar-refractivity contribution in [2.24, 2.45) is 5.92 Å². The van der Waals surface area contributed by atoms with Gasteiger partial charge in [-0.1, -0.05) is 30.9 Å². The van der Waals surface area contributed by atoms with Crippen LogP contribution in [-0.2, 0) is 19.6 Å². The van der Waals surface area contributed by atoms with Gasteiger partial charge in [-0.25, -0.2) is 13.2 Å². The summed E-state index contributed by atoms with van der Waals surface area (Å²) in [5.41, 5.74) is 0.110. The number of hydrogen-bond acceptors (Lipinski definition) is 5. The number of sulfonamides is 1. The lowest BCUT2D eigenvalue weighted by Crippen LogP contribution is -2.47. The average Bonchev–Trinajstić information content (AvgIpc) is 2.74. The molecule has 1 saturated heterocycles. The molecule has 1 amide bonds. The van der Waals surface area contributed by atoms with Crippen molar-refractivity contribution < 1.29 is 22.7 Å². The van der Waals surface area contributed by atoms with Crippen LogP contribution in [0, 0.1) is 5.92 Å². The van der Waals surface area contributed by atoms with E-state index in [2.05, 4.69) is 10.1 Å². The van der Waals surface area contributed by atoms with E-state index in [1.165, 1.54) is 36.0 Å². The van der Waals surface area contributed by atoms with Crippen LogP contribution in [0.5, 0.6) is 0 Å². The average molecular weight is 443 g/mol. The van der Waals surface area contributed by atoms with Crippen LogP contribution in [0.4, 0.5) is 0 Å². The van der Waals surface area contributed by atoms with Gasteiger partial charge < -0.3 is 10.1 Å². The SMILES string of the molecule is COC(=O)c1ccc(Cl)c(S(=O)(=O)N2CCCC(C(=O)NC3CCCCC3)C2)c1. The second-order valence-corrected chi connectivity index (χ2v) is 10.00. The van der Waals surface area contributed by atoms with Gasteiger partial charge in [0.25, 0.3) is 0 Å². The number of esters is 1. The van der Waals surface area contributed by atoms with Crippen LogP contribution in [0.1, 0.15) is 55.3 Å². The number of amides is 1. The molecule has 1 unspecified atom stereocenters. The second kappa shape index (κ2) is 9.45. The molecule has 160 valence electrons. The first-order chi connectivity index (χ1) is 13.8. The monoisotopic (exact) mass is 442 g/mol. The summed E-state index contributed by atoms with van der Waals surface area (Å²) < 4.78 is 32.3. The number of methoxy groups -OCH3 is 1. The fourth-order valence-electron chi connectivity index (χ4n) is 4.03. The predicted molar refractivity (Wildman–Crippen MR) is 109 cm³/mol. The summed E-state index contributed by atoms with van der Waals surface area (Å²) in [5, 5.41) is 3.13. The molecular weight excluding hydrogens is 416 g/mol. The van der Waals surface area contributed by atoms with Gasteiger partial charge in [-0.15, -0.1) is 0 Å². The molecule has 1 aliphatic carbocycles. The number of nitrogens with zero attached hydrogens (tertiary/aromatic N) is 1. The molecule has 1 heterocycles. The lowest BCUT2D eigenvalue weighted by molar-refractivity contribution is -0.127. The Labute approximate surface area is 176 Å². The summed E-state index contributed by atoms with van der Waals surface area (Å²) in [6, 6.07) is 4.21. The zero-order valence-corrected chi connectivity index (χ0v) is 18.1. The maximum Gasteiger partial charge on any atom is 0.337 e. The van der Waals surface area contributed by atoms with E-state index in [1.54, 1.807) is 0 Å². The van der Waals surface area contributed by atoms with Crippen molar-refractivity contribution in [3.05, 3.63) is 28.8 Å². The summed E-state index contributed by atoms with van der Waals surface area (Å²) in [4.78, 5) is 24.3. The topological polar surface area (TPSA) is 92.8 Å². The lowest BCUT2D eigenvalue weighted by Gasteiger charge is -2.33. The first-order valence-corrected chi connectivity index (χ1v) is 11.8. The van der Waals surface area contributed by atoms with Crippen LogP contribution in [-0.4, -0.2) is 50.8 Å². The molecule has 1 aromatic rings. The molecule has 0 spiro atoms. The number of carbonyl (C=O) groups is 2. The first-order valence-electron chi connectivity index (χ1n) is 10.0. The molecule has 1 atom stereocenters. The maximum absolute atomic E-state index is 13.2. The van der Waals surface area contributed by atoms with Gasteiger partial charge in [0.1, 0.15) is 4.90 Å². The molecule has 0 radical (unpaired) electrons. The maximum atomic E-state index is 13.2. The van der Waals surface area contributed by atoms with Crippen LogP contribution in [0.25, 0.3) is 0 Å². The fraction of sp³-hybridized carbons (Fsp3) is 0.600. The van der Waals surface area contributed by atoms with Gasteiger partial charge in [-0.3, -0.25) is 4.79 Å². The van der Waals surface area contributed by atoms with E-state index in [-0.39, 0.29) is 39.9 Å². The molecule has 2 fully saturated rings. The van der Waals surface area contributed by atoms with Crippen molar-refractivity contribution in [3.63, 3.8) is 0 Å². The highest BCUT2D eigenvalue weighted by Gasteiger charge is 2.35. The van der Waals surface area contributed by atoms with E-state index in [0.717, 1.165) is 25.7 Å². The smallest absolute Gasteiger partial charge is 0.337 e. The Morgan fingerprint density at radius 2 is 1.86 bits per heavy atom. The summed E-state index contributed by atoms with van der Waals surface area (Å²) in [5.74, 6) is -1.10. The minimum absolute atomic E-state index is 0.0337. The molecule has 1 aromatic carbocycles. The summed E-state index contributed by atoms with van der Waals surface area (Å²) in [7, 11) is -2.72. The highest BCUT2D eigenvalue weighted by Crippen LogP contribution is 2.30.